The molecule has 2 fully saturated rings. The number of aromatic nitrogens is 2. The SMILES string of the molecule is Cc1[nH]c(=O)c2c(F)cc(-c3cc(-c4ccc(N5CCN(CC6CC6)CC5)cc4)c(F)nc3N)cc2c1F. The van der Waals surface area contributed by atoms with Gasteiger partial charge in [0.15, 0.2) is 0 Å². The molecule has 2 aromatic carbocycles. The maximum atomic E-state index is 15.0. The Labute approximate surface area is 217 Å². The smallest absolute Gasteiger partial charge is 0.259 e. The van der Waals surface area contributed by atoms with Gasteiger partial charge in [-0.3, -0.25) is 9.69 Å². The van der Waals surface area contributed by atoms with Crippen molar-refractivity contribution >= 4 is 22.3 Å². The molecule has 6 nitrogen and oxygen atoms in total. The van der Waals surface area contributed by atoms with Gasteiger partial charge in [-0.15, -0.1) is 0 Å². The van der Waals surface area contributed by atoms with Crippen LogP contribution in [0.4, 0.5) is 24.7 Å². The van der Waals surface area contributed by atoms with Crippen molar-refractivity contribution in [2.24, 2.45) is 5.92 Å². The van der Waals surface area contributed by atoms with Crippen molar-refractivity contribution in [2.75, 3.05) is 43.4 Å². The van der Waals surface area contributed by atoms with Gasteiger partial charge in [-0.1, -0.05) is 12.1 Å². The van der Waals surface area contributed by atoms with Gasteiger partial charge in [-0.05, 0) is 67.1 Å². The molecule has 1 saturated carbocycles. The Morgan fingerprint density at radius 1 is 0.974 bits per heavy atom. The predicted molar refractivity (Wildman–Crippen MR) is 144 cm³/mol. The molecule has 0 bridgehead atoms. The third-order valence-corrected chi connectivity index (χ3v) is 7.63. The van der Waals surface area contributed by atoms with E-state index in [2.05, 4.69) is 19.8 Å². The van der Waals surface area contributed by atoms with Crippen molar-refractivity contribution in [3.05, 3.63) is 76.1 Å². The van der Waals surface area contributed by atoms with E-state index in [1.165, 1.54) is 38.4 Å². The van der Waals surface area contributed by atoms with Crippen LogP contribution >= 0.6 is 0 Å². The number of H-pyrrole nitrogens is 1. The number of aromatic amines is 1. The molecule has 3 N–H and O–H groups in total. The molecule has 0 unspecified atom stereocenters. The molecule has 0 atom stereocenters. The number of benzene rings is 2. The Balaban J connectivity index is 1.31. The minimum absolute atomic E-state index is 0.00522. The summed E-state index contributed by atoms with van der Waals surface area (Å²) in [5.74, 6) is -1.67. The number of hydrogen-bond acceptors (Lipinski definition) is 5. The van der Waals surface area contributed by atoms with E-state index >= 15 is 0 Å². The minimum Gasteiger partial charge on any atom is -0.383 e. The Bertz CT molecular complexity index is 1590. The van der Waals surface area contributed by atoms with Crippen molar-refractivity contribution in [2.45, 2.75) is 19.8 Å². The maximum absolute atomic E-state index is 15.0. The Morgan fingerprint density at radius 3 is 2.37 bits per heavy atom. The summed E-state index contributed by atoms with van der Waals surface area (Å²) in [7, 11) is 0. The Morgan fingerprint density at radius 2 is 1.68 bits per heavy atom. The summed E-state index contributed by atoms with van der Waals surface area (Å²) in [6.45, 7) is 6.55. The summed E-state index contributed by atoms with van der Waals surface area (Å²) in [5.41, 5.74) is 7.58. The molecule has 9 heteroatoms. The van der Waals surface area contributed by atoms with Crippen LogP contribution in [0.25, 0.3) is 33.0 Å². The van der Waals surface area contributed by atoms with E-state index < -0.39 is 23.1 Å². The van der Waals surface area contributed by atoms with Crippen molar-refractivity contribution in [1.82, 2.24) is 14.9 Å². The lowest BCUT2D eigenvalue weighted by Gasteiger charge is -2.36. The molecule has 1 saturated heterocycles. The lowest BCUT2D eigenvalue weighted by atomic mass is 9.98. The summed E-state index contributed by atoms with van der Waals surface area (Å²) in [6, 6.07) is 11.5. The third-order valence-electron chi connectivity index (χ3n) is 7.63. The predicted octanol–water partition coefficient (Wildman–Crippen LogP) is 5.10. The molecule has 4 aromatic rings. The highest BCUT2D eigenvalue weighted by Crippen LogP contribution is 2.35. The Kier molecular flexibility index (Phi) is 6.10. The number of halogens is 3. The fourth-order valence-corrected chi connectivity index (χ4v) is 5.30. The van der Waals surface area contributed by atoms with E-state index in [-0.39, 0.29) is 39.0 Å². The van der Waals surface area contributed by atoms with Gasteiger partial charge in [0, 0.05) is 54.9 Å². The number of hydrogen-bond donors (Lipinski definition) is 2. The molecule has 38 heavy (non-hydrogen) atoms. The first-order valence-electron chi connectivity index (χ1n) is 12.8. The molecule has 196 valence electrons. The first-order valence-corrected chi connectivity index (χ1v) is 12.8. The van der Waals surface area contributed by atoms with E-state index in [0.29, 0.717) is 5.56 Å². The number of nitrogens with zero attached hydrogens (tertiary/aromatic N) is 3. The number of rotatable bonds is 5. The normalized spacial score (nSPS) is 16.4. The molecule has 0 amide bonds. The molecule has 3 heterocycles. The van der Waals surface area contributed by atoms with Crippen LogP contribution < -0.4 is 16.2 Å². The second-order valence-electron chi connectivity index (χ2n) is 10.3. The second-order valence-corrected chi connectivity index (χ2v) is 10.3. The van der Waals surface area contributed by atoms with Gasteiger partial charge < -0.3 is 15.6 Å². The fraction of sp³-hybridized carbons (Fsp3) is 0.310. The van der Waals surface area contributed by atoms with Crippen LogP contribution in [-0.2, 0) is 0 Å². The molecule has 2 aliphatic rings. The number of nitrogen functional groups attached to an aromatic ring is 1. The number of aryl methyl sites for hydroxylation is 1. The topological polar surface area (TPSA) is 78.2 Å². The quantitative estimate of drug-likeness (QED) is 0.359. The van der Waals surface area contributed by atoms with Crippen LogP contribution in [-0.4, -0.2) is 47.6 Å². The summed E-state index contributed by atoms with van der Waals surface area (Å²) in [5, 5.41) is -0.553. The standard InChI is InChI=1S/C29H28F3N5O/c1-16-26(31)23-12-19(13-24(30)25(23)29(38)34-16)22-14-21(27(32)35-28(22)33)18-4-6-20(7-5-18)37-10-8-36(9-11-37)15-17-2-3-17/h4-7,12-14,17H,2-3,8-11,15H2,1H3,(H2,33,35)(H,34,38). The third kappa shape index (κ3) is 4.51. The number of pyridine rings is 2. The zero-order valence-corrected chi connectivity index (χ0v) is 21.0. The summed E-state index contributed by atoms with van der Waals surface area (Å²) >= 11 is 0. The van der Waals surface area contributed by atoms with Gasteiger partial charge in [-0.2, -0.15) is 4.39 Å². The van der Waals surface area contributed by atoms with E-state index in [1.54, 1.807) is 0 Å². The highest BCUT2D eigenvalue weighted by atomic mass is 19.1. The number of piperazine rings is 1. The number of fused-ring (bicyclic) bond motifs is 1. The first kappa shape index (κ1) is 24.5. The molecule has 1 aliphatic heterocycles. The molecular weight excluding hydrogens is 491 g/mol. The number of nitrogens with two attached hydrogens (primary N) is 1. The molecule has 0 spiro atoms. The van der Waals surface area contributed by atoms with Crippen LogP contribution in [0.2, 0.25) is 0 Å². The zero-order chi connectivity index (χ0) is 26.6. The molecule has 1 aliphatic carbocycles. The van der Waals surface area contributed by atoms with E-state index in [0.717, 1.165) is 43.9 Å². The van der Waals surface area contributed by atoms with Crippen molar-refractivity contribution in [3.63, 3.8) is 0 Å². The highest BCUT2D eigenvalue weighted by molar-refractivity contribution is 5.90. The number of anilines is 2. The average Bonchev–Trinajstić information content (AvgIpc) is 3.72. The van der Waals surface area contributed by atoms with E-state index in [1.807, 2.05) is 24.3 Å². The molecule has 2 aromatic heterocycles. The maximum Gasteiger partial charge on any atom is 0.259 e. The summed E-state index contributed by atoms with van der Waals surface area (Å²) in [4.78, 5) is 23.2. The van der Waals surface area contributed by atoms with Crippen LogP contribution in [0.15, 0.2) is 47.3 Å². The first-order chi connectivity index (χ1) is 18.3. The van der Waals surface area contributed by atoms with Crippen LogP contribution in [0.1, 0.15) is 18.5 Å². The van der Waals surface area contributed by atoms with E-state index in [4.69, 9.17) is 5.73 Å². The van der Waals surface area contributed by atoms with Gasteiger partial charge in [0.2, 0.25) is 5.95 Å². The van der Waals surface area contributed by atoms with Crippen molar-refractivity contribution in [3.8, 4) is 22.3 Å². The van der Waals surface area contributed by atoms with Gasteiger partial charge in [0.1, 0.15) is 17.5 Å². The van der Waals surface area contributed by atoms with Crippen LogP contribution in [0.3, 0.4) is 0 Å². The zero-order valence-electron chi connectivity index (χ0n) is 21.0. The van der Waals surface area contributed by atoms with Gasteiger partial charge in [-0.25, -0.2) is 13.8 Å². The van der Waals surface area contributed by atoms with Gasteiger partial charge >= 0.3 is 0 Å². The van der Waals surface area contributed by atoms with Crippen molar-refractivity contribution in [1.29, 1.82) is 0 Å². The molecule has 6 rings (SSSR count). The van der Waals surface area contributed by atoms with Gasteiger partial charge in [0.25, 0.3) is 5.56 Å². The molecule has 0 radical (unpaired) electrons. The van der Waals surface area contributed by atoms with Gasteiger partial charge in [0.05, 0.1) is 11.1 Å². The lowest BCUT2D eigenvalue weighted by Crippen LogP contribution is -2.47. The average molecular weight is 520 g/mol. The lowest BCUT2D eigenvalue weighted by molar-refractivity contribution is 0.248. The highest BCUT2D eigenvalue weighted by Gasteiger charge is 2.26. The Hall–Kier alpha value is -3.85. The monoisotopic (exact) mass is 519 g/mol. The molecular formula is C29H28F3N5O. The largest absolute Gasteiger partial charge is 0.383 e. The summed E-state index contributed by atoms with van der Waals surface area (Å²) in [6.07, 6.45) is 2.71. The van der Waals surface area contributed by atoms with Crippen LogP contribution in [0.5, 0.6) is 0 Å². The minimum atomic E-state index is -0.899. The summed E-state index contributed by atoms with van der Waals surface area (Å²) < 4.78 is 44.7. The second kappa shape index (κ2) is 9.47. The fourth-order valence-electron chi connectivity index (χ4n) is 5.30. The number of nitrogens with one attached hydrogen (secondary N) is 1. The van der Waals surface area contributed by atoms with E-state index in [9.17, 15) is 18.0 Å². The van der Waals surface area contributed by atoms with Crippen LogP contribution in [0, 0.1) is 30.4 Å². The van der Waals surface area contributed by atoms with Crippen molar-refractivity contribution < 1.29 is 13.2 Å².